The van der Waals surface area contributed by atoms with Crippen molar-refractivity contribution in [3.63, 3.8) is 0 Å². The molecule has 0 heterocycles. The number of rotatable bonds is 10. The molecule has 0 bridgehead atoms. The number of carboxylic acids is 1. The zero-order valence-corrected chi connectivity index (χ0v) is 14.9. The molecule has 0 saturated heterocycles. The van der Waals surface area contributed by atoms with Crippen LogP contribution in [0.3, 0.4) is 0 Å². The third-order valence-electron chi connectivity index (χ3n) is 3.62. The number of hydrogen-bond donors (Lipinski definition) is 1. The van der Waals surface area contributed by atoms with Gasteiger partial charge in [-0.1, -0.05) is 17.7 Å². The van der Waals surface area contributed by atoms with Crippen molar-refractivity contribution in [2.75, 3.05) is 0 Å². The standard InChI is InChI=1S/C13H8ClF15O2/c14-5(6(30)31)3-1-2-4-7(15,16)8(17,18)9(19,20)10(21,22)11(23,24)12(25,26)13(27,28)29/h3H,1-2,4H2,(H,30,31). The second kappa shape index (κ2) is 8.42. The smallest absolute Gasteiger partial charge is 0.460 e. The molecule has 0 aromatic carbocycles. The molecule has 18 heteroatoms. The molecule has 0 aromatic heterocycles. The lowest BCUT2D eigenvalue weighted by molar-refractivity contribution is -0.452. The first-order valence-electron chi connectivity index (χ1n) is 7.25. The van der Waals surface area contributed by atoms with Crippen LogP contribution in [-0.4, -0.2) is 52.8 Å². The van der Waals surface area contributed by atoms with Gasteiger partial charge in [-0.15, -0.1) is 0 Å². The number of aliphatic carboxylic acids is 1. The van der Waals surface area contributed by atoms with E-state index in [4.69, 9.17) is 16.7 Å². The molecule has 2 nitrogen and oxygen atoms in total. The van der Waals surface area contributed by atoms with Gasteiger partial charge in [0, 0.05) is 6.42 Å². The summed E-state index contributed by atoms with van der Waals surface area (Å²) >= 11 is 4.98. The molecule has 0 spiro atoms. The largest absolute Gasteiger partial charge is 0.477 e. The summed E-state index contributed by atoms with van der Waals surface area (Å²) in [4.78, 5) is 10.3. The second-order valence-corrected chi connectivity index (χ2v) is 6.23. The molecule has 0 aliphatic heterocycles. The monoisotopic (exact) mass is 516 g/mol. The predicted octanol–water partition coefficient (Wildman–Crippen LogP) is 6.74. The summed E-state index contributed by atoms with van der Waals surface area (Å²) in [5.41, 5.74) is 0. The van der Waals surface area contributed by atoms with Crippen molar-refractivity contribution in [3.05, 3.63) is 11.1 Å². The first-order valence-corrected chi connectivity index (χ1v) is 7.63. The van der Waals surface area contributed by atoms with Crippen molar-refractivity contribution in [3.8, 4) is 0 Å². The Morgan fingerprint density at radius 2 is 1.03 bits per heavy atom. The lowest BCUT2D eigenvalue weighted by atomic mass is 9.89. The lowest BCUT2D eigenvalue weighted by Gasteiger charge is -2.41. The Bertz CT molecular complexity index is 696. The molecule has 0 aromatic rings. The van der Waals surface area contributed by atoms with Gasteiger partial charge in [0.25, 0.3) is 0 Å². The third-order valence-corrected chi connectivity index (χ3v) is 3.93. The average Bonchev–Trinajstić information content (AvgIpc) is 2.56. The Hall–Kier alpha value is -1.55. The molecule has 1 N–H and O–H groups in total. The minimum atomic E-state index is -8.32. The molecule has 31 heavy (non-hydrogen) atoms. The van der Waals surface area contributed by atoms with Gasteiger partial charge in [0.05, 0.1) is 0 Å². The van der Waals surface area contributed by atoms with Gasteiger partial charge in [0.2, 0.25) is 0 Å². The summed E-state index contributed by atoms with van der Waals surface area (Å²) in [6, 6.07) is 0. The third kappa shape index (κ3) is 4.79. The minimum Gasteiger partial charge on any atom is -0.477 e. The van der Waals surface area contributed by atoms with Crippen LogP contribution in [0.25, 0.3) is 0 Å². The Balaban J connectivity index is 6.04. The normalized spacial score (nSPS) is 15.9. The van der Waals surface area contributed by atoms with E-state index in [0.29, 0.717) is 6.08 Å². The Kier molecular flexibility index (Phi) is 8.00. The number of carboxylic acid groups (broad SMARTS) is 1. The van der Waals surface area contributed by atoms with Gasteiger partial charge in [0.15, 0.2) is 0 Å². The maximum atomic E-state index is 13.4. The quantitative estimate of drug-likeness (QED) is 0.198. The van der Waals surface area contributed by atoms with Gasteiger partial charge >= 0.3 is 47.7 Å². The molecule has 0 fully saturated rings. The van der Waals surface area contributed by atoms with E-state index in [1.807, 2.05) is 0 Å². The highest BCUT2D eigenvalue weighted by Gasteiger charge is 2.93. The molecule has 0 aliphatic rings. The van der Waals surface area contributed by atoms with E-state index in [2.05, 4.69) is 0 Å². The average molecular weight is 517 g/mol. The zero-order valence-electron chi connectivity index (χ0n) is 14.1. The van der Waals surface area contributed by atoms with Gasteiger partial charge in [-0.25, -0.2) is 4.79 Å². The fraction of sp³-hybridized carbons (Fsp3) is 0.769. The molecule has 0 amide bonds. The van der Waals surface area contributed by atoms with Crippen LogP contribution >= 0.6 is 11.6 Å². The van der Waals surface area contributed by atoms with Crippen LogP contribution in [0.15, 0.2) is 11.1 Å². The first kappa shape index (κ1) is 29.5. The number of hydrogen-bond acceptors (Lipinski definition) is 1. The van der Waals surface area contributed by atoms with Gasteiger partial charge in [0.1, 0.15) is 5.03 Å². The van der Waals surface area contributed by atoms with Crippen LogP contribution in [0.4, 0.5) is 65.9 Å². The number of halogens is 16. The van der Waals surface area contributed by atoms with Crippen LogP contribution in [0.5, 0.6) is 0 Å². The van der Waals surface area contributed by atoms with Crippen molar-refractivity contribution in [2.45, 2.75) is 61.0 Å². The number of unbranched alkanes of at least 4 members (excludes halogenated alkanes) is 1. The summed E-state index contributed by atoms with van der Waals surface area (Å²) in [6.45, 7) is 0. The van der Waals surface area contributed by atoms with E-state index < -0.39 is 72.0 Å². The van der Waals surface area contributed by atoms with Crippen molar-refractivity contribution in [1.82, 2.24) is 0 Å². The highest BCUT2D eigenvalue weighted by molar-refractivity contribution is 6.40. The van der Waals surface area contributed by atoms with E-state index in [-0.39, 0.29) is 0 Å². The van der Waals surface area contributed by atoms with E-state index in [1.54, 1.807) is 0 Å². The zero-order chi connectivity index (χ0) is 25.5. The highest BCUT2D eigenvalue weighted by Crippen LogP contribution is 2.62. The van der Waals surface area contributed by atoms with E-state index in [0.717, 1.165) is 0 Å². The summed E-state index contributed by atoms with van der Waals surface area (Å²) in [5, 5.41) is 7.23. The number of allylic oxidation sites excluding steroid dienone is 1. The van der Waals surface area contributed by atoms with Crippen LogP contribution in [-0.2, 0) is 4.79 Å². The maximum absolute atomic E-state index is 13.4. The molecule has 0 atom stereocenters. The van der Waals surface area contributed by atoms with Crippen molar-refractivity contribution < 1.29 is 75.8 Å². The molecule has 0 radical (unpaired) electrons. The summed E-state index contributed by atoms with van der Waals surface area (Å²) in [6.07, 6.45) is -12.2. The number of carbonyl (C=O) groups is 1. The van der Waals surface area contributed by atoms with Crippen molar-refractivity contribution in [1.29, 1.82) is 0 Å². The van der Waals surface area contributed by atoms with Crippen LogP contribution in [0.2, 0.25) is 0 Å². The topological polar surface area (TPSA) is 37.3 Å². The molecule has 184 valence electrons. The SMILES string of the molecule is O=C(O)C(Cl)=CCCCC(F)(F)C(F)(F)C(F)(F)C(F)(F)C(F)(F)C(F)(F)C(F)(F)F. The van der Waals surface area contributed by atoms with Gasteiger partial charge in [-0.2, -0.15) is 65.9 Å². The van der Waals surface area contributed by atoms with Gasteiger partial charge in [-0.05, 0) is 12.8 Å². The minimum absolute atomic E-state index is 0.378. The Morgan fingerprint density at radius 1 is 0.677 bits per heavy atom. The molecular formula is C13H8ClF15O2. The summed E-state index contributed by atoms with van der Waals surface area (Å²) < 4.78 is 194. The maximum Gasteiger partial charge on any atom is 0.460 e. The summed E-state index contributed by atoms with van der Waals surface area (Å²) in [5.74, 6) is -48.5. The number of alkyl halides is 15. The molecule has 0 aliphatic carbocycles. The van der Waals surface area contributed by atoms with Gasteiger partial charge in [-0.3, -0.25) is 0 Å². The Labute approximate surface area is 166 Å². The second-order valence-electron chi connectivity index (χ2n) is 5.82. The van der Waals surface area contributed by atoms with Crippen LogP contribution in [0, 0.1) is 0 Å². The lowest BCUT2D eigenvalue weighted by Crippen LogP contribution is -2.72. The molecular weight excluding hydrogens is 509 g/mol. The highest BCUT2D eigenvalue weighted by atomic mass is 35.5. The molecule has 0 unspecified atom stereocenters. The summed E-state index contributed by atoms with van der Waals surface area (Å²) in [7, 11) is 0. The van der Waals surface area contributed by atoms with Crippen molar-refractivity contribution in [2.24, 2.45) is 0 Å². The van der Waals surface area contributed by atoms with Crippen LogP contribution in [0.1, 0.15) is 19.3 Å². The van der Waals surface area contributed by atoms with Crippen LogP contribution < -0.4 is 0 Å². The van der Waals surface area contributed by atoms with E-state index in [1.165, 1.54) is 0 Å². The fourth-order valence-electron chi connectivity index (χ4n) is 1.80. The predicted molar refractivity (Wildman–Crippen MR) is 71.2 cm³/mol. The van der Waals surface area contributed by atoms with Gasteiger partial charge < -0.3 is 5.11 Å². The first-order chi connectivity index (χ1) is 13.3. The molecule has 0 rings (SSSR count). The van der Waals surface area contributed by atoms with E-state index in [9.17, 15) is 70.7 Å². The Morgan fingerprint density at radius 3 is 1.39 bits per heavy atom. The van der Waals surface area contributed by atoms with Crippen molar-refractivity contribution >= 4 is 17.6 Å². The molecule has 0 saturated carbocycles. The van der Waals surface area contributed by atoms with E-state index >= 15 is 0 Å². The fourth-order valence-corrected chi connectivity index (χ4v) is 1.91.